The molecule has 0 aromatic rings. The van der Waals surface area contributed by atoms with Crippen LogP contribution in [-0.4, -0.2) is 50.8 Å². The van der Waals surface area contributed by atoms with Crippen LogP contribution in [0, 0.1) is 0 Å². The third-order valence-corrected chi connectivity index (χ3v) is 0. The Morgan fingerprint density at radius 3 is 0.435 bits per heavy atom. The van der Waals surface area contributed by atoms with Crippen molar-refractivity contribution in [1.29, 1.82) is 0 Å². The van der Waals surface area contributed by atoms with E-state index in [0.717, 1.165) is 0 Å². The van der Waals surface area contributed by atoms with E-state index in [1.807, 2.05) is 0 Å². The van der Waals surface area contributed by atoms with Gasteiger partial charge in [-0.15, -0.1) is 0 Å². The third-order valence-electron chi connectivity index (χ3n) is 0. The predicted octanol–water partition coefficient (Wildman–Crippen LogP) is 5.66. The van der Waals surface area contributed by atoms with Crippen molar-refractivity contribution in [2.75, 3.05) is 0 Å². The molecule has 0 saturated heterocycles. The van der Waals surface area contributed by atoms with Gasteiger partial charge in [0, 0.05) is 0 Å². The Bertz CT molecular complexity index is 87.5. The van der Waals surface area contributed by atoms with Crippen LogP contribution in [0.15, 0.2) is 0 Å². The van der Waals surface area contributed by atoms with Crippen molar-refractivity contribution in [2.45, 2.75) is 0 Å². The normalized spacial score (nSPS) is 0.696. The summed E-state index contributed by atoms with van der Waals surface area (Å²) in [6.07, 6.45) is 0. The molecular formula is C2H35Be4N15S2+2. The maximum atomic E-state index is 7.13. The average molecular weight is 370 g/mol. The van der Waals surface area contributed by atoms with Crippen LogP contribution in [-0.2, 0) is 0 Å². The molecule has 0 aliphatic carbocycles. The molecule has 0 bridgehead atoms. The zero-order valence-electron chi connectivity index (χ0n) is 14.5. The minimum Gasteiger partial charge on any atom is -0.753 e. The number of quaternary nitrogens is 2. The van der Waals surface area contributed by atoms with E-state index in [2.05, 4.69) is 24.4 Å². The number of thiocarbonyl (C=S) groups is 2. The van der Waals surface area contributed by atoms with Gasteiger partial charge in [-0.3, -0.25) is 0 Å². The molecule has 0 aliphatic rings. The molecule has 21 heteroatoms. The summed E-state index contributed by atoms with van der Waals surface area (Å²) >= 11 is 7.40. The van der Waals surface area contributed by atoms with Crippen LogP contribution in [0.5, 0.6) is 0 Å². The molecule has 136 valence electrons. The molecule has 15 nitrogen and oxygen atoms in total. The van der Waals surface area contributed by atoms with Gasteiger partial charge < -0.3 is 90.8 Å². The Labute approximate surface area is 166 Å². The van der Waals surface area contributed by atoms with Crippen molar-refractivity contribution >= 4 is 75.2 Å². The summed E-state index contributed by atoms with van der Waals surface area (Å²) in [6, 6.07) is 0. The first-order valence-electron chi connectivity index (χ1n) is 0.855. The van der Waals surface area contributed by atoms with Gasteiger partial charge in [0.2, 0.25) is 0 Å². The van der Waals surface area contributed by atoms with Gasteiger partial charge in [-0.25, -0.2) is 0 Å². The van der Waals surface area contributed by atoms with E-state index in [9.17, 15) is 0 Å². The fourth-order valence-corrected chi connectivity index (χ4v) is 0. The van der Waals surface area contributed by atoms with E-state index in [0.29, 0.717) is 0 Å². The second-order valence-corrected chi connectivity index (χ2v) is 0.548. The summed E-state index contributed by atoms with van der Waals surface area (Å²) in [5.74, 6) is 0. The molecule has 23 heavy (non-hydrogen) atoms. The van der Waals surface area contributed by atoms with E-state index < -0.39 is 0 Å². The van der Waals surface area contributed by atoms with Crippen LogP contribution in [0.4, 0.5) is 0 Å². The van der Waals surface area contributed by atoms with Gasteiger partial charge in [0.15, 0.2) is 0 Å². The first kappa shape index (κ1) is 764. The van der Waals surface area contributed by atoms with Crippen molar-refractivity contribution in [3.05, 3.63) is 47.7 Å². The predicted molar refractivity (Wildman–Crippen MR) is 124 cm³/mol. The van der Waals surface area contributed by atoms with Gasteiger partial charge in [-0.2, -0.15) is 10.3 Å². The standard InChI is InChI=1S/2CNS.4Be.7H3N.6H2N/c2*2-1-3;;;;;;;;;;;;;;;;;/h;;;;;;7*1H3;6*1H2/q2*-1;4*+2;;;;;;;;6*-1/p+2. The number of hydrogen-bond acceptors (Lipinski definition) is 7. The van der Waals surface area contributed by atoms with E-state index in [4.69, 9.17) is 10.8 Å². The maximum Gasteiger partial charge on any atom is 2.00 e. The second kappa shape index (κ2) is 3040. The maximum absolute atomic E-state index is 7.13. The van der Waals surface area contributed by atoms with E-state index in [1.165, 1.54) is 10.3 Å². The van der Waals surface area contributed by atoms with Crippen LogP contribution in [0.25, 0.3) is 47.7 Å². The minimum atomic E-state index is 0. The number of rotatable bonds is 0. The second-order valence-electron chi connectivity index (χ2n) is 0.183. The van der Waals surface area contributed by atoms with E-state index in [1.54, 1.807) is 0 Å². The Morgan fingerprint density at radius 1 is 0.435 bits per heavy atom. The summed E-state index contributed by atoms with van der Waals surface area (Å²) in [4.78, 5) is 0. The first-order chi connectivity index (χ1) is 2.83. The Morgan fingerprint density at radius 2 is 0.435 bits per heavy atom. The average Bonchev–Trinajstić information content (AvgIpc) is 1.39. The van der Waals surface area contributed by atoms with Crippen LogP contribution >= 0.6 is 24.4 Å². The molecule has 0 aliphatic heterocycles. The summed E-state index contributed by atoms with van der Waals surface area (Å²) in [5, 5.41) is 16.9. The number of hydrogen-bond donors (Lipinski definition) is 7. The molecule has 0 saturated carbocycles. The molecule has 35 N–H and O–H groups in total. The van der Waals surface area contributed by atoms with Gasteiger partial charge in [0.05, 0.1) is 0 Å². The van der Waals surface area contributed by atoms with Crippen molar-refractivity contribution in [3.8, 4) is 0 Å². The summed E-state index contributed by atoms with van der Waals surface area (Å²) in [5.41, 5.74) is 0. The van der Waals surface area contributed by atoms with E-state index in [-0.39, 0.29) is 120 Å². The quantitative estimate of drug-likeness (QED) is 0.159. The molecule has 0 amide bonds. The minimum absolute atomic E-state index is 0. The molecule has 0 heterocycles. The molecule has 0 aromatic carbocycles. The topological polar surface area (TPSA) is 494 Å². The molecular weight excluding hydrogens is 334 g/mol. The van der Waals surface area contributed by atoms with Gasteiger partial charge in [0.1, 0.15) is 0 Å². The van der Waals surface area contributed by atoms with Gasteiger partial charge in [0.25, 0.3) is 0 Å². The van der Waals surface area contributed by atoms with Crippen molar-refractivity contribution in [1.82, 2.24) is 43.1 Å². The Hall–Kier alpha value is -0.245. The fraction of sp³-hybridized carbons (Fsp3) is 0. The number of nitrogens with two attached hydrogens (primary N) is 6. The zero-order chi connectivity index (χ0) is 5.41. The summed E-state index contributed by atoms with van der Waals surface area (Å²) < 4.78 is 0. The Kier molecular flexibility index (Phi) is 101000. The van der Waals surface area contributed by atoms with Gasteiger partial charge in [-0.1, -0.05) is 24.4 Å². The first-order valence-corrected chi connectivity index (χ1v) is 1.67. The van der Waals surface area contributed by atoms with Crippen LogP contribution in [0.2, 0.25) is 0 Å². The third kappa shape index (κ3) is 142000. The van der Waals surface area contributed by atoms with Crippen molar-refractivity contribution < 1.29 is 0 Å². The Balaban J connectivity index is -0.000000000471. The molecule has 0 fully saturated rings. The summed E-state index contributed by atoms with van der Waals surface area (Å²) in [7, 11) is 0. The van der Waals surface area contributed by atoms with Crippen molar-refractivity contribution in [3.63, 3.8) is 0 Å². The van der Waals surface area contributed by atoms with E-state index >= 15 is 0 Å². The molecule has 0 atom stereocenters. The molecule has 0 aromatic heterocycles. The van der Waals surface area contributed by atoms with Crippen LogP contribution in [0.1, 0.15) is 0 Å². The molecule has 0 spiro atoms. The zero-order valence-corrected chi connectivity index (χ0v) is 16.2. The molecule has 0 radical (unpaired) electrons. The molecule has 0 unspecified atom stereocenters. The molecule has 0 rings (SSSR count). The largest absolute Gasteiger partial charge is 2.00 e. The number of nitrogens with zero attached hydrogens (tertiary/aromatic N) is 2. The smallest absolute Gasteiger partial charge is 0.753 e. The fourth-order valence-electron chi connectivity index (χ4n) is 0. The van der Waals surface area contributed by atoms with Gasteiger partial charge >= 0.3 is 40.5 Å². The summed E-state index contributed by atoms with van der Waals surface area (Å²) in [6.45, 7) is 0. The van der Waals surface area contributed by atoms with Crippen LogP contribution < -0.4 is 43.1 Å². The van der Waals surface area contributed by atoms with Crippen LogP contribution in [0.3, 0.4) is 0 Å². The van der Waals surface area contributed by atoms with Crippen molar-refractivity contribution in [2.24, 2.45) is 0 Å². The van der Waals surface area contributed by atoms with Gasteiger partial charge in [-0.05, 0) is 0 Å². The number of isothiocyanates is 2. The SMILES string of the molecule is N.N.N.N.N.[Be+2].[Be+2].[Be+2].[Be+2].[N-]=C=S.[N-]=C=S.[NH2-].[NH2-].[NH2-].[NH2-].[NH2-].[NH2-].[NH4+].[NH4+]. The monoisotopic (exact) mass is 369 g/mol.